The molecule has 0 aromatic rings. The third-order valence-electron chi connectivity index (χ3n) is 6.62. The number of rotatable bonds is 5. The third kappa shape index (κ3) is 6.00. The van der Waals surface area contributed by atoms with Crippen LogP contribution >= 0.6 is 11.8 Å². The number of alkyl halides is 3. The van der Waals surface area contributed by atoms with Gasteiger partial charge in [0.2, 0.25) is 5.91 Å². The van der Waals surface area contributed by atoms with Crippen LogP contribution in [-0.4, -0.2) is 60.1 Å². The summed E-state index contributed by atoms with van der Waals surface area (Å²) >= 11 is 1.88. The van der Waals surface area contributed by atoms with Gasteiger partial charge in [0.05, 0.1) is 18.6 Å². The highest BCUT2D eigenvalue weighted by atomic mass is 32.2. The fourth-order valence-corrected chi connectivity index (χ4v) is 6.00. The Morgan fingerprint density at radius 3 is 2.69 bits per heavy atom. The lowest BCUT2D eigenvalue weighted by molar-refractivity contribution is -0.195. The van der Waals surface area contributed by atoms with Crippen molar-refractivity contribution in [3.05, 3.63) is 0 Å². The molecule has 29 heavy (non-hydrogen) atoms. The number of amides is 1. The first kappa shape index (κ1) is 23.1. The van der Waals surface area contributed by atoms with Crippen LogP contribution in [0, 0.1) is 17.8 Å². The third-order valence-corrected chi connectivity index (χ3v) is 8.17. The second kappa shape index (κ2) is 9.72. The van der Waals surface area contributed by atoms with E-state index in [1.165, 1.54) is 0 Å². The Hall–Kier alpha value is -0.550. The predicted molar refractivity (Wildman–Crippen MR) is 109 cm³/mol. The summed E-state index contributed by atoms with van der Waals surface area (Å²) in [5.74, 6) is -1.72. The molecule has 1 aliphatic carbocycles. The number of piperidine rings is 1. The van der Waals surface area contributed by atoms with Crippen molar-refractivity contribution in [1.29, 1.82) is 0 Å². The maximum absolute atomic E-state index is 13.2. The van der Waals surface area contributed by atoms with Gasteiger partial charge in [-0.25, -0.2) is 10.9 Å². The lowest BCUT2D eigenvalue weighted by atomic mass is 9.82. The van der Waals surface area contributed by atoms with Crippen molar-refractivity contribution >= 4 is 17.7 Å². The summed E-state index contributed by atoms with van der Waals surface area (Å²) in [6.07, 6.45) is -0.485. The molecule has 3 rings (SSSR count). The van der Waals surface area contributed by atoms with E-state index in [4.69, 9.17) is 0 Å². The SMILES string of the molecule is CC1CNC(C(=O)NC2CCCC([C@H](C)SC3NNCN3C)C2)CC1C(F)(F)F. The number of carbonyl (C=O) groups excluding carboxylic acids is 1. The van der Waals surface area contributed by atoms with Crippen LogP contribution in [-0.2, 0) is 4.79 Å². The molecular formula is C19H34F3N5OS. The molecule has 3 aliphatic rings. The fraction of sp³-hybridized carbons (Fsp3) is 0.947. The first-order valence-electron chi connectivity index (χ1n) is 10.6. The number of hydrogen-bond donors (Lipinski definition) is 4. The Morgan fingerprint density at radius 1 is 1.28 bits per heavy atom. The molecule has 2 aliphatic heterocycles. The van der Waals surface area contributed by atoms with Crippen molar-refractivity contribution in [1.82, 2.24) is 26.4 Å². The molecule has 0 aromatic carbocycles. The summed E-state index contributed by atoms with van der Waals surface area (Å²) in [6, 6.07) is -0.713. The standard InChI is InChI=1S/C19H34F3N5OS/c1-11-9-23-16(8-15(11)19(20,21)22)17(28)25-14-6-4-5-13(7-14)12(2)29-18-26-24-10-27(18)3/h11-16,18,23-24,26H,4-10H2,1-3H3,(H,25,28)/t11?,12-,13?,14?,15?,16?,18?/m0/s1. The van der Waals surface area contributed by atoms with Crippen molar-refractivity contribution in [2.24, 2.45) is 17.8 Å². The Bertz CT molecular complexity index is 566. The Kier molecular flexibility index (Phi) is 7.75. The highest BCUT2D eigenvalue weighted by Gasteiger charge is 2.47. The summed E-state index contributed by atoms with van der Waals surface area (Å²) in [4.78, 5) is 14.9. The molecule has 6 unspecified atom stereocenters. The quantitative estimate of drug-likeness (QED) is 0.529. The predicted octanol–water partition coefficient (Wildman–Crippen LogP) is 2.24. The number of thioether (sulfide) groups is 1. The summed E-state index contributed by atoms with van der Waals surface area (Å²) in [5.41, 5.74) is 6.61. The van der Waals surface area contributed by atoms with Gasteiger partial charge in [0.15, 0.2) is 0 Å². The van der Waals surface area contributed by atoms with Gasteiger partial charge in [0.1, 0.15) is 5.50 Å². The van der Waals surface area contributed by atoms with Crippen LogP contribution in [0.3, 0.4) is 0 Å². The molecule has 1 amide bonds. The van der Waals surface area contributed by atoms with E-state index >= 15 is 0 Å². The van der Waals surface area contributed by atoms with Gasteiger partial charge in [-0.1, -0.05) is 20.3 Å². The van der Waals surface area contributed by atoms with Crippen LogP contribution in [0.5, 0.6) is 0 Å². The van der Waals surface area contributed by atoms with Gasteiger partial charge < -0.3 is 10.6 Å². The largest absolute Gasteiger partial charge is 0.392 e. The molecule has 0 bridgehead atoms. The zero-order valence-corrected chi connectivity index (χ0v) is 18.2. The van der Waals surface area contributed by atoms with Crippen LogP contribution in [0.15, 0.2) is 0 Å². The van der Waals surface area contributed by atoms with E-state index in [-0.39, 0.29) is 30.4 Å². The first-order chi connectivity index (χ1) is 13.6. The summed E-state index contributed by atoms with van der Waals surface area (Å²) in [7, 11) is 2.06. The van der Waals surface area contributed by atoms with Gasteiger partial charge in [0, 0.05) is 11.3 Å². The molecule has 3 fully saturated rings. The molecular weight excluding hydrogens is 403 g/mol. The van der Waals surface area contributed by atoms with Crippen molar-refractivity contribution < 1.29 is 18.0 Å². The molecule has 7 atom stereocenters. The topological polar surface area (TPSA) is 68.4 Å². The molecule has 0 aromatic heterocycles. The van der Waals surface area contributed by atoms with Crippen LogP contribution in [0.25, 0.3) is 0 Å². The maximum Gasteiger partial charge on any atom is 0.392 e. The van der Waals surface area contributed by atoms with E-state index in [1.807, 2.05) is 11.8 Å². The van der Waals surface area contributed by atoms with E-state index in [2.05, 4.69) is 40.4 Å². The van der Waals surface area contributed by atoms with Gasteiger partial charge in [-0.3, -0.25) is 9.69 Å². The highest BCUT2D eigenvalue weighted by Crippen LogP contribution is 2.38. The Labute approximate surface area is 175 Å². The minimum Gasteiger partial charge on any atom is -0.352 e. The Balaban J connectivity index is 1.50. The lowest BCUT2D eigenvalue weighted by Crippen LogP contribution is -2.55. The number of halogens is 3. The average Bonchev–Trinajstić information content (AvgIpc) is 3.06. The molecule has 4 N–H and O–H groups in total. The van der Waals surface area contributed by atoms with Gasteiger partial charge in [0.25, 0.3) is 0 Å². The van der Waals surface area contributed by atoms with E-state index in [1.54, 1.807) is 6.92 Å². The minimum atomic E-state index is -4.25. The second-order valence-corrected chi connectivity index (χ2v) is 10.3. The maximum atomic E-state index is 13.2. The van der Waals surface area contributed by atoms with Gasteiger partial charge in [-0.05, 0) is 51.1 Å². The van der Waals surface area contributed by atoms with Crippen molar-refractivity contribution in [3.63, 3.8) is 0 Å². The van der Waals surface area contributed by atoms with Crippen LogP contribution in [0.4, 0.5) is 13.2 Å². The zero-order chi connectivity index (χ0) is 21.2. The second-order valence-electron chi connectivity index (χ2n) is 8.88. The molecule has 168 valence electrons. The van der Waals surface area contributed by atoms with Crippen LogP contribution < -0.4 is 21.5 Å². The van der Waals surface area contributed by atoms with Crippen molar-refractivity contribution in [2.75, 3.05) is 20.3 Å². The number of hydrazine groups is 1. The van der Waals surface area contributed by atoms with Crippen LogP contribution in [0.1, 0.15) is 46.0 Å². The number of carbonyl (C=O) groups is 1. The summed E-state index contributed by atoms with van der Waals surface area (Å²) in [6.45, 7) is 4.85. The number of hydrogen-bond acceptors (Lipinski definition) is 6. The average molecular weight is 438 g/mol. The first-order valence-corrected chi connectivity index (χ1v) is 11.5. The molecule has 2 heterocycles. The highest BCUT2D eigenvalue weighted by molar-refractivity contribution is 8.00. The van der Waals surface area contributed by atoms with Gasteiger partial charge in [-0.15, -0.1) is 11.8 Å². The number of nitrogens with one attached hydrogen (secondary N) is 4. The molecule has 0 radical (unpaired) electrons. The molecule has 0 spiro atoms. The van der Waals surface area contributed by atoms with E-state index in [0.29, 0.717) is 11.2 Å². The molecule has 6 nitrogen and oxygen atoms in total. The monoisotopic (exact) mass is 437 g/mol. The molecule has 1 saturated carbocycles. The lowest BCUT2D eigenvalue weighted by Gasteiger charge is -2.38. The van der Waals surface area contributed by atoms with Crippen LogP contribution in [0.2, 0.25) is 0 Å². The summed E-state index contributed by atoms with van der Waals surface area (Å²) < 4.78 is 39.7. The normalized spacial score (nSPS) is 38.0. The Morgan fingerprint density at radius 2 is 2.03 bits per heavy atom. The minimum absolute atomic E-state index is 0.0437. The number of nitrogens with zero attached hydrogens (tertiary/aromatic N) is 1. The van der Waals surface area contributed by atoms with Crippen molar-refractivity contribution in [3.8, 4) is 0 Å². The van der Waals surface area contributed by atoms with Gasteiger partial charge in [-0.2, -0.15) is 13.2 Å². The van der Waals surface area contributed by atoms with Gasteiger partial charge >= 0.3 is 6.18 Å². The van der Waals surface area contributed by atoms with Crippen molar-refractivity contribution in [2.45, 2.75) is 75.0 Å². The zero-order valence-electron chi connectivity index (χ0n) is 17.4. The van der Waals surface area contributed by atoms with E-state index < -0.39 is 24.1 Å². The summed E-state index contributed by atoms with van der Waals surface area (Å²) in [5, 5.41) is 6.49. The van der Waals surface area contributed by atoms with E-state index in [0.717, 1.165) is 32.4 Å². The fourth-order valence-electron chi connectivity index (χ4n) is 4.69. The molecule has 10 heteroatoms. The molecule has 2 saturated heterocycles. The smallest absolute Gasteiger partial charge is 0.352 e. The van der Waals surface area contributed by atoms with E-state index in [9.17, 15) is 18.0 Å².